The minimum Gasteiger partial charge on any atom is -0.493 e. The third kappa shape index (κ3) is 3.07. The van der Waals surface area contributed by atoms with Gasteiger partial charge in [-0.25, -0.2) is 4.98 Å². The molecule has 0 saturated carbocycles. The summed E-state index contributed by atoms with van der Waals surface area (Å²) in [5, 5.41) is 2.20. The van der Waals surface area contributed by atoms with Crippen LogP contribution in [0.4, 0.5) is 5.69 Å². The average molecular weight is 388 g/mol. The lowest BCUT2D eigenvalue weighted by molar-refractivity contribution is 0.270. The van der Waals surface area contributed by atoms with E-state index in [2.05, 4.69) is 42.7 Å². The number of piperazine rings is 1. The minimum atomic E-state index is 0.808. The Hall–Kier alpha value is -3.19. The average Bonchev–Trinajstić information content (AvgIpc) is 3.17. The van der Waals surface area contributed by atoms with Gasteiger partial charge in [0.2, 0.25) is 0 Å². The first-order chi connectivity index (χ1) is 14.3. The van der Waals surface area contributed by atoms with Gasteiger partial charge in [0, 0.05) is 49.5 Å². The molecule has 0 atom stereocenters. The molecule has 1 saturated heterocycles. The van der Waals surface area contributed by atoms with E-state index in [1.54, 1.807) is 13.3 Å². The van der Waals surface area contributed by atoms with E-state index in [1.165, 1.54) is 0 Å². The molecule has 148 valence electrons. The molecule has 7 nitrogen and oxygen atoms in total. The molecule has 4 aromatic rings. The molecule has 0 radical (unpaired) electrons. The van der Waals surface area contributed by atoms with Gasteiger partial charge in [0.05, 0.1) is 41.8 Å². The molecular weight excluding hydrogens is 364 g/mol. The van der Waals surface area contributed by atoms with E-state index in [4.69, 9.17) is 4.74 Å². The minimum absolute atomic E-state index is 0.808. The number of rotatable bonds is 4. The van der Waals surface area contributed by atoms with Gasteiger partial charge in [-0.1, -0.05) is 6.92 Å². The van der Waals surface area contributed by atoms with Crippen LogP contribution in [0.25, 0.3) is 33.2 Å². The van der Waals surface area contributed by atoms with Gasteiger partial charge >= 0.3 is 0 Å². The Morgan fingerprint density at radius 1 is 1.10 bits per heavy atom. The van der Waals surface area contributed by atoms with E-state index in [0.29, 0.717) is 0 Å². The van der Waals surface area contributed by atoms with Crippen molar-refractivity contribution in [2.45, 2.75) is 6.92 Å². The van der Waals surface area contributed by atoms with Crippen molar-refractivity contribution >= 4 is 27.6 Å². The van der Waals surface area contributed by atoms with E-state index in [-0.39, 0.29) is 0 Å². The number of aromatic amines is 1. The van der Waals surface area contributed by atoms with Crippen molar-refractivity contribution in [3.8, 4) is 17.0 Å². The zero-order chi connectivity index (χ0) is 19.8. The summed E-state index contributed by atoms with van der Waals surface area (Å²) < 4.78 is 5.74. The summed E-state index contributed by atoms with van der Waals surface area (Å²) >= 11 is 0. The van der Waals surface area contributed by atoms with Crippen molar-refractivity contribution in [2.24, 2.45) is 0 Å². The molecule has 5 rings (SSSR count). The number of anilines is 1. The van der Waals surface area contributed by atoms with Crippen LogP contribution in [-0.4, -0.2) is 64.7 Å². The number of likely N-dealkylation sites (N-methyl/N-ethyl adjacent to an activating group) is 1. The maximum absolute atomic E-state index is 5.74. The van der Waals surface area contributed by atoms with Crippen LogP contribution in [0.1, 0.15) is 6.92 Å². The highest BCUT2D eigenvalue weighted by Crippen LogP contribution is 2.40. The fraction of sp³-hybridized carbons (Fsp3) is 0.318. The number of pyridine rings is 3. The van der Waals surface area contributed by atoms with E-state index < -0.39 is 0 Å². The standard InChI is InChI=1S/C22H24N6O/c1-3-27-7-9-28(10-8-27)21-19(29-2)14-25-22-20(21)16-11-17(24-13-18(16)26-22)15-5-4-6-23-12-15/h4-6,11-14H,3,7-10H2,1-2H3,(H,25,26). The highest BCUT2D eigenvalue weighted by atomic mass is 16.5. The second kappa shape index (κ2) is 7.33. The first-order valence-corrected chi connectivity index (χ1v) is 10.0. The van der Waals surface area contributed by atoms with Crippen LogP contribution in [0.3, 0.4) is 0 Å². The lowest BCUT2D eigenvalue weighted by Gasteiger charge is -2.36. The molecule has 0 aromatic carbocycles. The van der Waals surface area contributed by atoms with Crippen molar-refractivity contribution < 1.29 is 4.74 Å². The number of methoxy groups -OCH3 is 1. The molecule has 1 N–H and O–H groups in total. The van der Waals surface area contributed by atoms with Crippen LogP contribution in [-0.2, 0) is 0 Å². The SMILES string of the molecule is CCN1CCN(c2c(OC)cnc3[nH]c4cnc(-c5cccnc5)cc4c23)CC1. The summed E-state index contributed by atoms with van der Waals surface area (Å²) in [7, 11) is 1.71. The third-order valence-electron chi connectivity index (χ3n) is 5.76. The Bertz CT molecular complexity index is 1150. The Labute approximate surface area is 169 Å². The van der Waals surface area contributed by atoms with Gasteiger partial charge in [-0.3, -0.25) is 9.97 Å². The monoisotopic (exact) mass is 388 g/mol. The van der Waals surface area contributed by atoms with Crippen LogP contribution in [0.15, 0.2) is 43.0 Å². The van der Waals surface area contributed by atoms with Crippen molar-refractivity contribution in [3.63, 3.8) is 0 Å². The molecule has 0 aliphatic carbocycles. The quantitative estimate of drug-likeness (QED) is 0.578. The fourth-order valence-corrected chi connectivity index (χ4v) is 4.15. The van der Waals surface area contributed by atoms with Gasteiger partial charge in [0.25, 0.3) is 0 Å². The van der Waals surface area contributed by atoms with Gasteiger partial charge < -0.3 is 19.5 Å². The Morgan fingerprint density at radius 2 is 1.97 bits per heavy atom. The summed E-state index contributed by atoms with van der Waals surface area (Å²) in [6.07, 6.45) is 7.31. The van der Waals surface area contributed by atoms with E-state index in [1.807, 2.05) is 30.7 Å². The summed E-state index contributed by atoms with van der Waals surface area (Å²) in [6, 6.07) is 6.08. The first-order valence-electron chi connectivity index (χ1n) is 10.0. The van der Waals surface area contributed by atoms with Crippen molar-refractivity contribution in [2.75, 3.05) is 44.7 Å². The van der Waals surface area contributed by atoms with Crippen LogP contribution in [0.2, 0.25) is 0 Å². The predicted octanol–water partition coefficient (Wildman–Crippen LogP) is 3.32. The lowest BCUT2D eigenvalue weighted by Crippen LogP contribution is -2.46. The number of ether oxygens (including phenoxy) is 1. The summed E-state index contributed by atoms with van der Waals surface area (Å²) in [6.45, 7) is 7.34. The Kier molecular flexibility index (Phi) is 4.52. The molecular formula is C22H24N6O. The zero-order valence-electron chi connectivity index (χ0n) is 16.7. The summed E-state index contributed by atoms with van der Waals surface area (Å²) in [4.78, 5) is 21.8. The molecule has 1 fully saturated rings. The Morgan fingerprint density at radius 3 is 2.69 bits per heavy atom. The highest BCUT2D eigenvalue weighted by molar-refractivity contribution is 6.14. The zero-order valence-corrected chi connectivity index (χ0v) is 16.7. The normalized spacial score (nSPS) is 15.3. The maximum atomic E-state index is 5.74. The molecule has 7 heteroatoms. The largest absolute Gasteiger partial charge is 0.493 e. The van der Waals surface area contributed by atoms with Crippen LogP contribution >= 0.6 is 0 Å². The molecule has 1 aliphatic rings. The van der Waals surface area contributed by atoms with Crippen LogP contribution in [0.5, 0.6) is 5.75 Å². The van der Waals surface area contributed by atoms with Crippen molar-refractivity contribution in [1.29, 1.82) is 0 Å². The van der Waals surface area contributed by atoms with Gasteiger partial charge in [-0.15, -0.1) is 0 Å². The second-order valence-electron chi connectivity index (χ2n) is 7.30. The van der Waals surface area contributed by atoms with Crippen molar-refractivity contribution in [3.05, 3.63) is 43.0 Å². The lowest BCUT2D eigenvalue weighted by atomic mass is 10.1. The molecule has 1 aliphatic heterocycles. The molecule has 29 heavy (non-hydrogen) atoms. The molecule has 5 heterocycles. The first kappa shape index (κ1) is 17.9. The third-order valence-corrected chi connectivity index (χ3v) is 5.76. The summed E-state index contributed by atoms with van der Waals surface area (Å²) in [5.41, 5.74) is 4.84. The highest BCUT2D eigenvalue weighted by Gasteiger charge is 2.24. The molecule has 0 amide bonds. The van der Waals surface area contributed by atoms with E-state index in [9.17, 15) is 0 Å². The van der Waals surface area contributed by atoms with E-state index >= 15 is 0 Å². The van der Waals surface area contributed by atoms with Gasteiger partial charge in [-0.2, -0.15) is 0 Å². The predicted molar refractivity (Wildman–Crippen MR) is 116 cm³/mol. The molecule has 0 bridgehead atoms. The van der Waals surface area contributed by atoms with Gasteiger partial charge in [-0.05, 0) is 24.7 Å². The van der Waals surface area contributed by atoms with Gasteiger partial charge in [0.1, 0.15) is 5.65 Å². The van der Waals surface area contributed by atoms with Crippen molar-refractivity contribution in [1.82, 2.24) is 24.8 Å². The molecule has 0 spiro atoms. The fourth-order valence-electron chi connectivity index (χ4n) is 4.15. The van der Waals surface area contributed by atoms with Crippen LogP contribution < -0.4 is 9.64 Å². The van der Waals surface area contributed by atoms with E-state index in [0.717, 1.165) is 77.4 Å². The number of aromatic nitrogens is 4. The summed E-state index contributed by atoms with van der Waals surface area (Å²) in [5.74, 6) is 0.808. The number of nitrogens with zero attached hydrogens (tertiary/aromatic N) is 5. The number of H-pyrrole nitrogens is 1. The number of hydrogen-bond donors (Lipinski definition) is 1. The Balaban J connectivity index is 1.70. The second-order valence-corrected chi connectivity index (χ2v) is 7.30. The molecule has 4 aromatic heterocycles. The number of fused-ring (bicyclic) bond motifs is 3. The smallest absolute Gasteiger partial charge is 0.161 e. The van der Waals surface area contributed by atoms with Crippen LogP contribution in [0, 0.1) is 0 Å². The topological polar surface area (TPSA) is 70.2 Å². The maximum Gasteiger partial charge on any atom is 0.161 e. The molecule has 0 unspecified atom stereocenters. The van der Waals surface area contributed by atoms with Gasteiger partial charge in [0.15, 0.2) is 5.75 Å². The number of nitrogens with one attached hydrogen (secondary N) is 1. The number of hydrogen-bond acceptors (Lipinski definition) is 6.